The van der Waals surface area contributed by atoms with Crippen molar-refractivity contribution in [2.45, 2.75) is 19.4 Å². The van der Waals surface area contributed by atoms with Crippen LogP contribution in [-0.2, 0) is 17.8 Å². The van der Waals surface area contributed by atoms with Crippen LogP contribution >= 0.6 is 0 Å². The molecule has 2 aromatic heterocycles. The van der Waals surface area contributed by atoms with E-state index in [1.54, 1.807) is 18.5 Å². The van der Waals surface area contributed by atoms with E-state index in [0.717, 1.165) is 18.8 Å². The predicted molar refractivity (Wildman–Crippen MR) is 61.3 cm³/mol. The molecule has 17 heavy (non-hydrogen) atoms. The summed E-state index contributed by atoms with van der Waals surface area (Å²) < 4.78 is 2.10. The van der Waals surface area contributed by atoms with E-state index in [1.807, 2.05) is 6.20 Å². The van der Waals surface area contributed by atoms with Gasteiger partial charge in [-0.1, -0.05) is 0 Å². The van der Waals surface area contributed by atoms with E-state index in [-0.39, 0.29) is 11.8 Å². The normalized spacial score (nSPS) is 18.7. The van der Waals surface area contributed by atoms with E-state index in [2.05, 4.69) is 25.1 Å². The predicted octanol–water partition coefficient (Wildman–Crippen LogP) is 0.807. The molecule has 3 rings (SSSR count). The molecule has 1 atom stereocenters. The van der Waals surface area contributed by atoms with Crippen molar-refractivity contribution < 1.29 is 4.79 Å². The van der Waals surface area contributed by atoms with Gasteiger partial charge < -0.3 is 9.88 Å². The van der Waals surface area contributed by atoms with E-state index in [9.17, 15) is 4.79 Å². The highest BCUT2D eigenvalue weighted by molar-refractivity contribution is 5.91. The van der Waals surface area contributed by atoms with E-state index >= 15 is 0 Å². The van der Waals surface area contributed by atoms with Gasteiger partial charge in [0.05, 0.1) is 6.20 Å². The van der Waals surface area contributed by atoms with Gasteiger partial charge in [0.2, 0.25) is 5.91 Å². The Hall–Kier alpha value is -2.11. The number of aromatic amines is 1. The largest absolute Gasteiger partial charge is 0.335 e. The van der Waals surface area contributed by atoms with Crippen LogP contribution in [0.4, 0.5) is 5.82 Å². The Balaban J connectivity index is 1.68. The van der Waals surface area contributed by atoms with Gasteiger partial charge in [-0.25, -0.2) is 4.98 Å². The molecule has 1 amide bonds. The fraction of sp³-hybridized carbons (Fsp3) is 0.364. The van der Waals surface area contributed by atoms with Gasteiger partial charge in [-0.15, -0.1) is 0 Å². The minimum Gasteiger partial charge on any atom is -0.335 e. The van der Waals surface area contributed by atoms with Gasteiger partial charge in [-0.3, -0.25) is 9.89 Å². The molecule has 0 fully saturated rings. The molecule has 1 unspecified atom stereocenters. The SMILES string of the molecule is O=C(Nc1ccn[nH]1)C1CCn2ccnc2C1. The number of imidazole rings is 1. The number of amides is 1. The van der Waals surface area contributed by atoms with Gasteiger partial charge in [0, 0.05) is 37.3 Å². The number of nitrogens with zero attached hydrogens (tertiary/aromatic N) is 3. The van der Waals surface area contributed by atoms with Crippen LogP contribution in [0.5, 0.6) is 0 Å². The Kier molecular flexibility index (Phi) is 2.40. The first-order valence-electron chi connectivity index (χ1n) is 5.63. The molecule has 0 saturated heterocycles. The van der Waals surface area contributed by atoms with Crippen molar-refractivity contribution in [1.82, 2.24) is 19.7 Å². The maximum absolute atomic E-state index is 12.0. The second-order valence-electron chi connectivity index (χ2n) is 4.19. The zero-order chi connectivity index (χ0) is 11.7. The number of carbonyl (C=O) groups excluding carboxylic acids is 1. The van der Waals surface area contributed by atoms with Crippen LogP contribution in [0.2, 0.25) is 0 Å². The van der Waals surface area contributed by atoms with Crippen molar-refractivity contribution in [1.29, 1.82) is 0 Å². The number of aryl methyl sites for hydroxylation is 1. The summed E-state index contributed by atoms with van der Waals surface area (Å²) in [5.41, 5.74) is 0. The van der Waals surface area contributed by atoms with Crippen LogP contribution in [0.25, 0.3) is 0 Å². The number of anilines is 1. The van der Waals surface area contributed by atoms with Crippen LogP contribution in [0.3, 0.4) is 0 Å². The molecule has 1 aliphatic heterocycles. The molecule has 88 valence electrons. The first-order chi connectivity index (χ1) is 8.33. The van der Waals surface area contributed by atoms with Crippen molar-refractivity contribution in [2.75, 3.05) is 5.32 Å². The van der Waals surface area contributed by atoms with Crippen molar-refractivity contribution >= 4 is 11.7 Å². The van der Waals surface area contributed by atoms with Gasteiger partial charge in [0.1, 0.15) is 11.6 Å². The van der Waals surface area contributed by atoms with Crippen molar-refractivity contribution in [3.05, 3.63) is 30.5 Å². The number of fused-ring (bicyclic) bond motifs is 1. The number of hydrogen-bond acceptors (Lipinski definition) is 3. The van der Waals surface area contributed by atoms with Crippen LogP contribution in [0, 0.1) is 5.92 Å². The molecule has 6 heteroatoms. The molecule has 0 saturated carbocycles. The Bertz CT molecular complexity index is 516. The third kappa shape index (κ3) is 1.93. The van der Waals surface area contributed by atoms with Crippen LogP contribution in [0.15, 0.2) is 24.7 Å². The molecular weight excluding hydrogens is 218 g/mol. The molecule has 0 aromatic carbocycles. The first kappa shape index (κ1) is 10.1. The zero-order valence-electron chi connectivity index (χ0n) is 9.26. The lowest BCUT2D eigenvalue weighted by Gasteiger charge is -2.22. The summed E-state index contributed by atoms with van der Waals surface area (Å²) in [5, 5.41) is 9.33. The van der Waals surface area contributed by atoms with E-state index in [1.165, 1.54) is 0 Å². The second kappa shape index (κ2) is 4.04. The summed E-state index contributed by atoms with van der Waals surface area (Å²) in [6.07, 6.45) is 6.91. The lowest BCUT2D eigenvalue weighted by molar-refractivity contribution is -0.120. The van der Waals surface area contributed by atoms with E-state index in [4.69, 9.17) is 0 Å². The molecule has 0 bridgehead atoms. The molecule has 3 heterocycles. The average Bonchev–Trinajstić information content (AvgIpc) is 2.97. The Morgan fingerprint density at radius 3 is 3.29 bits per heavy atom. The standard InChI is InChI=1S/C11H13N5O/c17-11(14-9-1-3-13-15-9)8-2-5-16-6-4-12-10(16)7-8/h1,3-4,6,8H,2,5,7H2,(H2,13,14,15,17). The number of hydrogen-bond donors (Lipinski definition) is 2. The zero-order valence-corrected chi connectivity index (χ0v) is 9.26. The van der Waals surface area contributed by atoms with Crippen LogP contribution < -0.4 is 5.32 Å². The lowest BCUT2D eigenvalue weighted by Crippen LogP contribution is -2.30. The third-order valence-corrected chi connectivity index (χ3v) is 3.08. The van der Waals surface area contributed by atoms with Crippen molar-refractivity contribution in [2.24, 2.45) is 5.92 Å². The monoisotopic (exact) mass is 231 g/mol. The first-order valence-corrected chi connectivity index (χ1v) is 5.63. The fourth-order valence-electron chi connectivity index (χ4n) is 2.14. The van der Waals surface area contributed by atoms with Gasteiger partial charge >= 0.3 is 0 Å². The fourth-order valence-corrected chi connectivity index (χ4v) is 2.14. The highest BCUT2D eigenvalue weighted by Gasteiger charge is 2.25. The van der Waals surface area contributed by atoms with Gasteiger partial charge in [0.25, 0.3) is 0 Å². The van der Waals surface area contributed by atoms with Gasteiger partial charge in [-0.05, 0) is 6.42 Å². The Morgan fingerprint density at radius 2 is 2.47 bits per heavy atom. The molecule has 6 nitrogen and oxygen atoms in total. The van der Waals surface area contributed by atoms with Crippen molar-refractivity contribution in [3.63, 3.8) is 0 Å². The van der Waals surface area contributed by atoms with Gasteiger partial charge in [0.15, 0.2) is 0 Å². The number of H-pyrrole nitrogens is 1. The van der Waals surface area contributed by atoms with Gasteiger partial charge in [-0.2, -0.15) is 5.10 Å². The van der Waals surface area contributed by atoms with Crippen LogP contribution in [0.1, 0.15) is 12.2 Å². The molecule has 2 aromatic rings. The van der Waals surface area contributed by atoms with E-state index < -0.39 is 0 Å². The number of nitrogens with one attached hydrogen (secondary N) is 2. The van der Waals surface area contributed by atoms with E-state index in [0.29, 0.717) is 12.2 Å². The molecular formula is C11H13N5O. The Labute approximate surface area is 98.1 Å². The smallest absolute Gasteiger partial charge is 0.229 e. The summed E-state index contributed by atoms with van der Waals surface area (Å²) >= 11 is 0. The third-order valence-electron chi connectivity index (χ3n) is 3.08. The minimum absolute atomic E-state index is 0.00630. The number of aromatic nitrogens is 4. The average molecular weight is 231 g/mol. The topological polar surface area (TPSA) is 75.6 Å². The maximum Gasteiger partial charge on any atom is 0.229 e. The van der Waals surface area contributed by atoms with Crippen molar-refractivity contribution in [3.8, 4) is 0 Å². The summed E-state index contributed by atoms with van der Waals surface area (Å²) in [6, 6.07) is 1.74. The summed E-state index contributed by atoms with van der Waals surface area (Å²) in [4.78, 5) is 16.3. The Morgan fingerprint density at radius 1 is 1.53 bits per heavy atom. The summed E-state index contributed by atoms with van der Waals surface area (Å²) in [5.74, 6) is 1.65. The molecule has 0 spiro atoms. The lowest BCUT2D eigenvalue weighted by atomic mass is 9.97. The highest BCUT2D eigenvalue weighted by atomic mass is 16.2. The quantitative estimate of drug-likeness (QED) is 0.803. The maximum atomic E-state index is 12.0. The second-order valence-corrected chi connectivity index (χ2v) is 4.19. The number of carbonyl (C=O) groups is 1. The molecule has 2 N–H and O–H groups in total. The molecule has 1 aliphatic rings. The highest BCUT2D eigenvalue weighted by Crippen LogP contribution is 2.20. The molecule has 0 aliphatic carbocycles. The summed E-state index contributed by atoms with van der Waals surface area (Å²) in [6.45, 7) is 0.858. The molecule has 0 radical (unpaired) electrons. The van der Waals surface area contributed by atoms with Crippen LogP contribution in [-0.4, -0.2) is 25.7 Å². The minimum atomic E-state index is -0.00630. The summed E-state index contributed by atoms with van der Waals surface area (Å²) in [7, 11) is 0. The number of rotatable bonds is 2.